The first-order valence-corrected chi connectivity index (χ1v) is 9.62. The first kappa shape index (κ1) is 16.2. The molecule has 0 saturated carbocycles. The van der Waals surface area contributed by atoms with Crippen molar-refractivity contribution >= 4 is 28.4 Å². The van der Waals surface area contributed by atoms with Gasteiger partial charge in [-0.25, -0.2) is 0 Å². The van der Waals surface area contributed by atoms with Gasteiger partial charge in [-0.05, 0) is 36.2 Å². The second kappa shape index (κ2) is 6.57. The van der Waals surface area contributed by atoms with Crippen LogP contribution in [0, 0.1) is 0 Å². The quantitative estimate of drug-likeness (QED) is 0.652. The maximum atomic E-state index is 4.72. The van der Waals surface area contributed by atoms with E-state index in [2.05, 4.69) is 85.9 Å². The molecule has 0 amide bonds. The SMILES string of the molecule is CC1(C)CN=C(c2ccccc2CSc2cccc3ccccc23)N1. The molecule has 25 heavy (non-hydrogen) atoms. The van der Waals surface area contributed by atoms with Crippen LogP contribution in [0.5, 0.6) is 0 Å². The number of benzene rings is 3. The molecule has 1 N–H and O–H groups in total. The van der Waals surface area contributed by atoms with Crippen LogP contribution in [0.1, 0.15) is 25.0 Å². The highest BCUT2D eigenvalue weighted by Crippen LogP contribution is 2.31. The lowest BCUT2D eigenvalue weighted by Gasteiger charge is -2.19. The van der Waals surface area contributed by atoms with E-state index in [9.17, 15) is 0 Å². The zero-order chi connectivity index (χ0) is 17.3. The van der Waals surface area contributed by atoms with Crippen LogP contribution < -0.4 is 5.32 Å². The molecule has 1 heterocycles. The summed E-state index contributed by atoms with van der Waals surface area (Å²) in [5.74, 6) is 1.96. The zero-order valence-electron chi connectivity index (χ0n) is 14.6. The third-order valence-corrected chi connectivity index (χ3v) is 5.62. The number of nitrogens with one attached hydrogen (secondary N) is 1. The normalized spacial score (nSPS) is 15.8. The van der Waals surface area contributed by atoms with E-state index in [1.807, 2.05) is 11.8 Å². The number of aliphatic imine (C=N–C) groups is 1. The van der Waals surface area contributed by atoms with Gasteiger partial charge in [0.15, 0.2) is 0 Å². The monoisotopic (exact) mass is 346 g/mol. The predicted octanol–water partition coefficient (Wildman–Crippen LogP) is 5.26. The van der Waals surface area contributed by atoms with E-state index in [-0.39, 0.29) is 5.54 Å². The fourth-order valence-electron chi connectivity index (χ4n) is 3.18. The first-order chi connectivity index (χ1) is 12.1. The molecule has 0 aliphatic carbocycles. The van der Waals surface area contributed by atoms with E-state index < -0.39 is 0 Å². The second-order valence-electron chi connectivity index (χ2n) is 7.10. The molecule has 0 radical (unpaired) electrons. The summed E-state index contributed by atoms with van der Waals surface area (Å²) in [6, 6.07) is 23.7. The standard InChI is InChI=1S/C22H22N2S/c1-22(2)15-23-21(24-22)19-12-6-4-9-17(19)14-25-20-13-7-10-16-8-3-5-11-18(16)20/h3-13H,14-15H2,1-2H3,(H,23,24). The Balaban J connectivity index is 1.60. The molecule has 0 aromatic heterocycles. The molecule has 3 heteroatoms. The molecule has 0 spiro atoms. The number of hydrogen-bond acceptors (Lipinski definition) is 3. The highest BCUT2D eigenvalue weighted by atomic mass is 32.2. The predicted molar refractivity (Wildman–Crippen MR) is 109 cm³/mol. The van der Waals surface area contributed by atoms with Crippen LogP contribution in [-0.2, 0) is 5.75 Å². The van der Waals surface area contributed by atoms with Crippen molar-refractivity contribution in [2.45, 2.75) is 30.0 Å². The van der Waals surface area contributed by atoms with Crippen molar-refractivity contribution < 1.29 is 0 Å². The molecule has 0 atom stereocenters. The van der Waals surface area contributed by atoms with Gasteiger partial charge in [-0.2, -0.15) is 0 Å². The summed E-state index contributed by atoms with van der Waals surface area (Å²) >= 11 is 1.89. The molecule has 0 fully saturated rings. The maximum absolute atomic E-state index is 4.72. The molecule has 126 valence electrons. The van der Waals surface area contributed by atoms with Crippen LogP contribution >= 0.6 is 11.8 Å². The van der Waals surface area contributed by atoms with E-state index in [0.29, 0.717) is 0 Å². The van der Waals surface area contributed by atoms with Gasteiger partial charge >= 0.3 is 0 Å². The van der Waals surface area contributed by atoms with Gasteiger partial charge in [-0.1, -0.05) is 60.7 Å². The molecule has 1 aliphatic heterocycles. The van der Waals surface area contributed by atoms with E-state index in [1.165, 1.54) is 26.8 Å². The van der Waals surface area contributed by atoms with E-state index in [1.54, 1.807) is 0 Å². The van der Waals surface area contributed by atoms with Crippen molar-refractivity contribution in [3.63, 3.8) is 0 Å². The Hall–Kier alpha value is -2.26. The lowest BCUT2D eigenvalue weighted by atomic mass is 10.1. The van der Waals surface area contributed by atoms with Gasteiger partial charge in [0.1, 0.15) is 5.84 Å². The fraction of sp³-hybridized carbons (Fsp3) is 0.227. The Kier molecular flexibility index (Phi) is 4.26. The topological polar surface area (TPSA) is 24.4 Å². The molecule has 0 bridgehead atoms. The van der Waals surface area contributed by atoms with Gasteiger partial charge in [-0.15, -0.1) is 11.8 Å². The Morgan fingerprint density at radius 1 is 0.960 bits per heavy atom. The minimum Gasteiger partial charge on any atom is -0.363 e. The van der Waals surface area contributed by atoms with Crippen molar-refractivity contribution in [1.82, 2.24) is 5.32 Å². The zero-order valence-corrected chi connectivity index (χ0v) is 15.4. The first-order valence-electron chi connectivity index (χ1n) is 8.64. The number of fused-ring (bicyclic) bond motifs is 1. The third kappa shape index (κ3) is 3.42. The lowest BCUT2D eigenvalue weighted by Crippen LogP contribution is -2.40. The Labute approximate surface area is 153 Å². The molecular weight excluding hydrogens is 324 g/mol. The Morgan fingerprint density at radius 3 is 2.56 bits per heavy atom. The van der Waals surface area contributed by atoms with Crippen molar-refractivity contribution in [1.29, 1.82) is 0 Å². The molecule has 3 aromatic carbocycles. The number of rotatable bonds is 4. The van der Waals surface area contributed by atoms with Gasteiger partial charge < -0.3 is 5.32 Å². The van der Waals surface area contributed by atoms with Crippen LogP contribution in [0.15, 0.2) is 76.6 Å². The van der Waals surface area contributed by atoms with Crippen molar-refractivity contribution in [2.75, 3.05) is 6.54 Å². The van der Waals surface area contributed by atoms with Crippen LogP contribution in [0.2, 0.25) is 0 Å². The van der Waals surface area contributed by atoms with Crippen molar-refractivity contribution in [2.24, 2.45) is 4.99 Å². The van der Waals surface area contributed by atoms with Crippen LogP contribution in [-0.4, -0.2) is 17.9 Å². The molecular formula is C22H22N2S. The van der Waals surface area contributed by atoms with Gasteiger partial charge in [0.05, 0.1) is 12.1 Å². The average Bonchev–Trinajstić information content (AvgIpc) is 3.00. The van der Waals surface area contributed by atoms with Crippen LogP contribution in [0.3, 0.4) is 0 Å². The maximum Gasteiger partial charge on any atom is 0.129 e. The number of hydrogen-bond donors (Lipinski definition) is 1. The fourth-order valence-corrected chi connectivity index (χ4v) is 4.26. The van der Waals surface area contributed by atoms with E-state index >= 15 is 0 Å². The number of amidine groups is 1. The van der Waals surface area contributed by atoms with Gasteiger partial charge in [0.2, 0.25) is 0 Å². The van der Waals surface area contributed by atoms with E-state index in [4.69, 9.17) is 4.99 Å². The summed E-state index contributed by atoms with van der Waals surface area (Å²) in [7, 11) is 0. The highest BCUT2D eigenvalue weighted by molar-refractivity contribution is 7.98. The molecule has 1 aliphatic rings. The smallest absolute Gasteiger partial charge is 0.129 e. The summed E-state index contributed by atoms with van der Waals surface area (Å²) in [6.07, 6.45) is 0. The van der Waals surface area contributed by atoms with Crippen LogP contribution in [0.25, 0.3) is 10.8 Å². The number of thioether (sulfide) groups is 1. The Morgan fingerprint density at radius 2 is 1.72 bits per heavy atom. The largest absolute Gasteiger partial charge is 0.363 e. The average molecular weight is 346 g/mol. The lowest BCUT2D eigenvalue weighted by molar-refractivity contribution is 0.506. The second-order valence-corrected chi connectivity index (χ2v) is 8.11. The molecule has 0 saturated heterocycles. The third-order valence-electron chi connectivity index (χ3n) is 4.49. The van der Waals surface area contributed by atoms with Crippen LogP contribution in [0.4, 0.5) is 0 Å². The molecule has 4 rings (SSSR count). The Bertz CT molecular complexity index is 938. The summed E-state index contributed by atoms with van der Waals surface area (Å²) < 4.78 is 0. The summed E-state index contributed by atoms with van der Waals surface area (Å²) in [5, 5.41) is 6.18. The minimum atomic E-state index is 0.0468. The van der Waals surface area contributed by atoms with Crippen molar-refractivity contribution in [3.8, 4) is 0 Å². The summed E-state index contributed by atoms with van der Waals surface area (Å²) in [5.41, 5.74) is 2.59. The minimum absolute atomic E-state index is 0.0468. The van der Waals surface area contributed by atoms with Crippen molar-refractivity contribution in [3.05, 3.63) is 77.9 Å². The van der Waals surface area contributed by atoms with E-state index in [0.717, 1.165) is 18.1 Å². The van der Waals surface area contributed by atoms with Gasteiger partial charge in [0, 0.05) is 16.2 Å². The summed E-state index contributed by atoms with van der Waals surface area (Å²) in [4.78, 5) is 6.05. The van der Waals surface area contributed by atoms with Gasteiger partial charge in [0.25, 0.3) is 0 Å². The molecule has 3 aromatic rings. The molecule has 2 nitrogen and oxygen atoms in total. The number of nitrogens with zero attached hydrogens (tertiary/aromatic N) is 1. The summed E-state index contributed by atoms with van der Waals surface area (Å²) in [6.45, 7) is 5.21. The van der Waals surface area contributed by atoms with Gasteiger partial charge in [-0.3, -0.25) is 4.99 Å². The highest BCUT2D eigenvalue weighted by Gasteiger charge is 2.26. The molecule has 0 unspecified atom stereocenters.